The van der Waals surface area contributed by atoms with Crippen LogP contribution >= 0.6 is 0 Å². The highest BCUT2D eigenvalue weighted by atomic mass is 16.7. The van der Waals surface area contributed by atoms with E-state index < -0.39 is 34.8 Å². The number of carbonyl (C=O) groups excluding carboxylic acids is 3. The molecule has 0 aliphatic rings. The van der Waals surface area contributed by atoms with Crippen LogP contribution in [0.25, 0.3) is 0 Å². The average Bonchev–Trinajstić information content (AvgIpc) is 2.83. The Labute approximate surface area is 214 Å². The van der Waals surface area contributed by atoms with Crippen LogP contribution in [0.15, 0.2) is 48.5 Å². The van der Waals surface area contributed by atoms with E-state index in [2.05, 4.69) is 17.2 Å². The monoisotopic (exact) mass is 512 g/mol. The van der Waals surface area contributed by atoms with Gasteiger partial charge in [-0.3, -0.25) is 10.1 Å². The van der Waals surface area contributed by atoms with E-state index in [1.54, 1.807) is 52.0 Å². The molecular formula is C26H28N2O9. The van der Waals surface area contributed by atoms with Crippen molar-refractivity contribution in [2.75, 3.05) is 0 Å². The molecule has 0 aliphatic heterocycles. The van der Waals surface area contributed by atoms with E-state index in [0.29, 0.717) is 11.1 Å². The van der Waals surface area contributed by atoms with Gasteiger partial charge in [0.05, 0.1) is 4.92 Å². The lowest BCUT2D eigenvalue weighted by Crippen LogP contribution is -2.44. The van der Waals surface area contributed by atoms with Crippen molar-refractivity contribution in [1.82, 2.24) is 5.32 Å². The number of non-ortho nitro benzene ring substituents is 1. The molecule has 2 aromatic carbocycles. The van der Waals surface area contributed by atoms with Gasteiger partial charge in [0.1, 0.15) is 30.6 Å². The van der Waals surface area contributed by atoms with Crippen molar-refractivity contribution < 1.29 is 38.3 Å². The molecule has 0 saturated carbocycles. The van der Waals surface area contributed by atoms with Crippen LogP contribution in [-0.4, -0.2) is 34.8 Å². The van der Waals surface area contributed by atoms with Crippen molar-refractivity contribution in [2.24, 2.45) is 0 Å². The minimum atomic E-state index is -1.01. The number of ether oxygens (including phenoxy) is 4. The number of nitrogens with one attached hydrogen (secondary N) is 1. The first kappa shape index (κ1) is 28.6. The van der Waals surface area contributed by atoms with Crippen molar-refractivity contribution >= 4 is 23.9 Å². The summed E-state index contributed by atoms with van der Waals surface area (Å²) in [4.78, 5) is 46.7. The number of carbonyl (C=O) groups is 3. The number of nitro groups is 1. The second-order valence-corrected chi connectivity index (χ2v) is 8.65. The summed E-state index contributed by atoms with van der Waals surface area (Å²) in [6, 6.07) is 10.8. The van der Waals surface area contributed by atoms with E-state index in [0.717, 1.165) is 0 Å². The maximum absolute atomic E-state index is 12.6. The smallest absolute Gasteiger partial charge is 0.459 e. The molecule has 0 aromatic heterocycles. The Morgan fingerprint density at radius 1 is 1.03 bits per heavy atom. The standard InChI is InChI=1S/C26H28N2O9/c1-5-6-10-22(27-24(30)37-26(2,3)4)23(29)34-16-18-8-7-9-19(15-18)17-35-25(31)36-21-13-11-20(12-14-21)28(32)33/h7-9,11-15,22H,10,16-17H2,1-4H3,(H,27,30)/t22-/m1/s1. The van der Waals surface area contributed by atoms with Crippen molar-refractivity contribution in [3.8, 4) is 17.6 Å². The molecular weight excluding hydrogens is 484 g/mol. The van der Waals surface area contributed by atoms with E-state index in [9.17, 15) is 24.5 Å². The topological polar surface area (TPSA) is 143 Å². The fraction of sp³-hybridized carbons (Fsp3) is 0.346. The number of hydrogen-bond donors (Lipinski definition) is 1. The van der Waals surface area contributed by atoms with Gasteiger partial charge in [-0.15, -0.1) is 11.8 Å². The highest BCUT2D eigenvalue weighted by Crippen LogP contribution is 2.18. The second kappa shape index (κ2) is 13.5. The van der Waals surface area contributed by atoms with Crippen LogP contribution in [0.3, 0.4) is 0 Å². The molecule has 11 heteroatoms. The fourth-order valence-corrected chi connectivity index (χ4v) is 2.82. The molecule has 0 fully saturated rings. The number of rotatable bonds is 9. The number of hydrogen-bond acceptors (Lipinski definition) is 9. The van der Waals surface area contributed by atoms with Crippen molar-refractivity contribution in [3.05, 3.63) is 69.8 Å². The third-order valence-corrected chi connectivity index (χ3v) is 4.44. The quantitative estimate of drug-likeness (QED) is 0.127. The fourth-order valence-electron chi connectivity index (χ4n) is 2.82. The van der Waals surface area contributed by atoms with Crippen LogP contribution in [0.5, 0.6) is 5.75 Å². The Hall–Kier alpha value is -4.59. The summed E-state index contributed by atoms with van der Waals surface area (Å²) in [7, 11) is 0. The maximum Gasteiger partial charge on any atom is 0.514 e. The predicted octanol–water partition coefficient (Wildman–Crippen LogP) is 4.66. The lowest BCUT2D eigenvalue weighted by atomic mass is 10.1. The highest BCUT2D eigenvalue weighted by molar-refractivity contribution is 5.81. The zero-order valence-corrected chi connectivity index (χ0v) is 20.9. The molecule has 0 bridgehead atoms. The molecule has 1 N–H and O–H groups in total. The summed E-state index contributed by atoms with van der Waals surface area (Å²) in [5, 5.41) is 13.2. The molecule has 1 amide bonds. The highest BCUT2D eigenvalue weighted by Gasteiger charge is 2.25. The lowest BCUT2D eigenvalue weighted by molar-refractivity contribution is -0.384. The predicted molar refractivity (Wildman–Crippen MR) is 131 cm³/mol. The van der Waals surface area contributed by atoms with Gasteiger partial charge in [-0.1, -0.05) is 18.2 Å². The molecule has 1 atom stereocenters. The van der Waals surface area contributed by atoms with E-state index in [1.165, 1.54) is 24.3 Å². The lowest BCUT2D eigenvalue weighted by Gasteiger charge is -2.22. The second-order valence-electron chi connectivity index (χ2n) is 8.65. The van der Waals surface area contributed by atoms with E-state index >= 15 is 0 Å². The number of esters is 1. The molecule has 11 nitrogen and oxygen atoms in total. The molecule has 0 aliphatic carbocycles. The largest absolute Gasteiger partial charge is 0.514 e. The van der Waals surface area contributed by atoms with E-state index in [4.69, 9.17) is 18.9 Å². The van der Waals surface area contributed by atoms with Gasteiger partial charge in [0.2, 0.25) is 0 Å². The molecule has 0 saturated heterocycles. The van der Waals surface area contributed by atoms with Crippen molar-refractivity contribution in [1.29, 1.82) is 0 Å². The molecule has 196 valence electrons. The third-order valence-electron chi connectivity index (χ3n) is 4.44. The van der Waals surface area contributed by atoms with Gasteiger partial charge in [0.25, 0.3) is 5.69 Å². The summed E-state index contributed by atoms with van der Waals surface area (Å²) >= 11 is 0. The van der Waals surface area contributed by atoms with Crippen molar-refractivity contribution in [2.45, 2.75) is 59.0 Å². The summed E-state index contributed by atoms with van der Waals surface area (Å²) in [6.07, 6.45) is -1.69. The Bertz CT molecular complexity index is 1180. The van der Waals surface area contributed by atoms with Crippen LogP contribution < -0.4 is 10.1 Å². The van der Waals surface area contributed by atoms with Gasteiger partial charge in [-0.2, -0.15) is 0 Å². The van der Waals surface area contributed by atoms with Gasteiger partial charge in [-0.05, 0) is 57.0 Å². The van der Waals surface area contributed by atoms with Crippen LogP contribution in [0.1, 0.15) is 45.2 Å². The van der Waals surface area contributed by atoms with E-state index in [-0.39, 0.29) is 31.1 Å². The molecule has 0 unspecified atom stereocenters. The van der Waals surface area contributed by atoms with Gasteiger partial charge < -0.3 is 24.3 Å². The summed E-state index contributed by atoms with van der Waals surface area (Å²) in [6.45, 7) is 6.52. The summed E-state index contributed by atoms with van der Waals surface area (Å²) in [5.74, 6) is 4.84. The number of amides is 1. The minimum Gasteiger partial charge on any atom is -0.459 e. The molecule has 0 spiro atoms. The Balaban J connectivity index is 1.89. The number of nitrogens with zero attached hydrogens (tertiary/aromatic N) is 1. The first-order valence-electron chi connectivity index (χ1n) is 11.2. The van der Waals surface area contributed by atoms with Crippen molar-refractivity contribution in [3.63, 3.8) is 0 Å². The minimum absolute atomic E-state index is 0.0549. The van der Waals surface area contributed by atoms with Gasteiger partial charge >= 0.3 is 18.2 Å². The first-order valence-corrected chi connectivity index (χ1v) is 11.2. The van der Waals surface area contributed by atoms with Gasteiger partial charge in [0.15, 0.2) is 0 Å². The molecule has 37 heavy (non-hydrogen) atoms. The number of alkyl carbamates (subject to hydrolysis) is 1. The van der Waals surface area contributed by atoms with Crippen LogP contribution in [0.2, 0.25) is 0 Å². The Kier molecular flexibility index (Phi) is 10.4. The third kappa shape index (κ3) is 10.7. The molecule has 0 heterocycles. The Morgan fingerprint density at radius 2 is 1.65 bits per heavy atom. The first-order chi connectivity index (χ1) is 17.5. The Morgan fingerprint density at radius 3 is 2.22 bits per heavy atom. The SMILES string of the molecule is CC#CC[C@@H](NC(=O)OC(C)(C)C)C(=O)OCc1cccc(COC(=O)Oc2ccc([N+](=O)[O-])cc2)c1. The summed E-state index contributed by atoms with van der Waals surface area (Å²) in [5.41, 5.74) is 0.361. The van der Waals surface area contributed by atoms with Crippen LogP contribution in [-0.2, 0) is 32.2 Å². The average molecular weight is 513 g/mol. The maximum atomic E-state index is 12.6. The summed E-state index contributed by atoms with van der Waals surface area (Å²) < 4.78 is 20.6. The number of benzene rings is 2. The zero-order chi connectivity index (χ0) is 27.4. The van der Waals surface area contributed by atoms with E-state index in [1.807, 2.05) is 0 Å². The molecule has 2 rings (SSSR count). The van der Waals surface area contributed by atoms with Gasteiger partial charge in [0, 0.05) is 18.6 Å². The van der Waals surface area contributed by atoms with Crippen LogP contribution in [0.4, 0.5) is 15.3 Å². The molecule has 2 aromatic rings. The van der Waals surface area contributed by atoms with Gasteiger partial charge in [-0.25, -0.2) is 14.4 Å². The molecule has 0 radical (unpaired) electrons. The zero-order valence-electron chi connectivity index (χ0n) is 20.9. The normalized spacial score (nSPS) is 11.2. The van der Waals surface area contributed by atoms with Crippen LogP contribution in [0, 0.1) is 22.0 Å². The number of nitro benzene ring substituents is 1.